The van der Waals surface area contributed by atoms with E-state index in [0.717, 1.165) is 0 Å². The number of rotatable bonds is 3. The van der Waals surface area contributed by atoms with Crippen LogP contribution in [0, 0.1) is 11.3 Å². The number of amides is 1. The van der Waals surface area contributed by atoms with Crippen LogP contribution in [0.3, 0.4) is 0 Å². The van der Waals surface area contributed by atoms with Gasteiger partial charge in [0.15, 0.2) is 0 Å². The molecule has 1 aliphatic heterocycles. The first-order valence-corrected chi connectivity index (χ1v) is 6.76. The maximum atomic E-state index is 12.1. The Morgan fingerprint density at radius 3 is 2.72 bits per heavy atom. The molecule has 1 aromatic rings. The van der Waals surface area contributed by atoms with Crippen molar-refractivity contribution in [1.29, 1.82) is 0 Å². The number of aliphatic carboxylic acids is 1. The van der Waals surface area contributed by atoms with E-state index in [1.165, 1.54) is 17.5 Å². The van der Waals surface area contributed by atoms with Gasteiger partial charge in [-0.15, -0.1) is 11.3 Å². The number of aromatic nitrogens is 1. The first-order chi connectivity index (χ1) is 8.47. The predicted molar refractivity (Wildman–Crippen MR) is 67.5 cm³/mol. The molecule has 18 heavy (non-hydrogen) atoms. The van der Waals surface area contributed by atoms with Crippen LogP contribution in [-0.2, 0) is 4.79 Å². The highest BCUT2D eigenvalue weighted by Gasteiger charge is 2.48. The van der Waals surface area contributed by atoms with Gasteiger partial charge in [0.05, 0.1) is 17.1 Å². The van der Waals surface area contributed by atoms with Gasteiger partial charge in [0.1, 0.15) is 4.88 Å². The van der Waals surface area contributed by atoms with E-state index in [2.05, 4.69) is 4.98 Å². The summed E-state index contributed by atoms with van der Waals surface area (Å²) in [6.45, 7) is 4.58. The molecule has 1 fully saturated rings. The average molecular weight is 268 g/mol. The van der Waals surface area contributed by atoms with E-state index in [4.69, 9.17) is 0 Å². The minimum Gasteiger partial charge on any atom is -0.481 e. The van der Waals surface area contributed by atoms with Gasteiger partial charge in [0.25, 0.3) is 5.91 Å². The van der Waals surface area contributed by atoms with E-state index >= 15 is 0 Å². The molecule has 0 bridgehead atoms. The van der Waals surface area contributed by atoms with Crippen molar-refractivity contribution >= 4 is 23.2 Å². The Hall–Kier alpha value is -1.43. The standard InChI is InChI=1S/C12H16N2O3S/c1-8(2)12(11(16)17)3-4-14(6-12)10(15)9-5-13-7-18-9/h5,7-8H,3-4,6H2,1-2H3,(H,16,17). The molecule has 0 saturated carbocycles. The number of hydrogen-bond donors (Lipinski definition) is 1. The van der Waals surface area contributed by atoms with E-state index in [0.29, 0.717) is 17.8 Å². The van der Waals surface area contributed by atoms with Crippen molar-refractivity contribution in [3.63, 3.8) is 0 Å². The molecule has 1 saturated heterocycles. The van der Waals surface area contributed by atoms with Gasteiger partial charge in [-0.2, -0.15) is 0 Å². The zero-order valence-corrected chi connectivity index (χ0v) is 11.2. The topological polar surface area (TPSA) is 70.5 Å². The molecule has 1 N–H and O–H groups in total. The molecule has 1 amide bonds. The molecule has 1 atom stereocenters. The van der Waals surface area contributed by atoms with Crippen LogP contribution in [-0.4, -0.2) is 40.0 Å². The maximum Gasteiger partial charge on any atom is 0.311 e. The number of likely N-dealkylation sites (tertiary alicyclic amines) is 1. The lowest BCUT2D eigenvalue weighted by atomic mass is 9.76. The molecular weight excluding hydrogens is 252 g/mol. The van der Waals surface area contributed by atoms with E-state index in [-0.39, 0.29) is 18.4 Å². The summed E-state index contributed by atoms with van der Waals surface area (Å²) in [5, 5.41) is 9.42. The van der Waals surface area contributed by atoms with Crippen LogP contribution in [0.5, 0.6) is 0 Å². The number of nitrogens with zero attached hydrogens (tertiary/aromatic N) is 2. The molecule has 2 heterocycles. The molecule has 5 nitrogen and oxygen atoms in total. The van der Waals surface area contributed by atoms with Crippen molar-refractivity contribution in [3.8, 4) is 0 Å². The Morgan fingerprint density at radius 2 is 2.28 bits per heavy atom. The number of hydrogen-bond acceptors (Lipinski definition) is 4. The third kappa shape index (κ3) is 2.01. The zero-order chi connectivity index (χ0) is 13.3. The summed E-state index contributed by atoms with van der Waals surface area (Å²) in [5.74, 6) is -0.910. The monoisotopic (exact) mass is 268 g/mol. The van der Waals surface area contributed by atoms with E-state index in [9.17, 15) is 14.7 Å². The second-order valence-electron chi connectivity index (χ2n) is 4.96. The molecular formula is C12H16N2O3S. The molecule has 0 aromatic carbocycles. The average Bonchev–Trinajstić information content (AvgIpc) is 2.98. The van der Waals surface area contributed by atoms with Crippen LogP contribution < -0.4 is 0 Å². The van der Waals surface area contributed by atoms with Crippen molar-refractivity contribution in [2.45, 2.75) is 20.3 Å². The highest BCUT2D eigenvalue weighted by molar-refractivity contribution is 7.11. The van der Waals surface area contributed by atoms with E-state index in [1.54, 1.807) is 10.4 Å². The Balaban J connectivity index is 2.17. The number of carbonyl (C=O) groups is 2. The third-order valence-electron chi connectivity index (χ3n) is 3.76. The van der Waals surface area contributed by atoms with E-state index in [1.807, 2.05) is 13.8 Å². The molecule has 1 unspecified atom stereocenters. The summed E-state index contributed by atoms with van der Waals surface area (Å²) in [4.78, 5) is 29.7. The molecule has 0 radical (unpaired) electrons. The Bertz CT molecular complexity index is 458. The molecule has 2 rings (SSSR count). The summed E-state index contributed by atoms with van der Waals surface area (Å²) in [6.07, 6.45) is 2.05. The lowest BCUT2D eigenvalue weighted by Gasteiger charge is -2.28. The SMILES string of the molecule is CC(C)C1(C(=O)O)CCN(C(=O)c2cncs2)C1. The predicted octanol–water partition coefficient (Wildman–Crippen LogP) is 1.72. The van der Waals surface area contributed by atoms with Gasteiger partial charge in [0, 0.05) is 13.1 Å². The first kappa shape index (κ1) is 13.0. The molecule has 1 aromatic heterocycles. The summed E-state index contributed by atoms with van der Waals surface area (Å²) in [5.41, 5.74) is 0.802. The van der Waals surface area contributed by atoms with Crippen LogP contribution in [0.1, 0.15) is 29.9 Å². The normalized spacial score (nSPS) is 23.6. The Morgan fingerprint density at radius 1 is 1.56 bits per heavy atom. The van der Waals surface area contributed by atoms with Crippen molar-refractivity contribution in [3.05, 3.63) is 16.6 Å². The fourth-order valence-electron chi connectivity index (χ4n) is 2.38. The Labute approximate surface area is 109 Å². The lowest BCUT2D eigenvalue weighted by molar-refractivity contribution is -0.150. The smallest absolute Gasteiger partial charge is 0.311 e. The van der Waals surface area contributed by atoms with Crippen molar-refractivity contribution in [2.24, 2.45) is 11.3 Å². The van der Waals surface area contributed by atoms with Gasteiger partial charge in [0.2, 0.25) is 0 Å². The number of thiazole rings is 1. The molecule has 6 heteroatoms. The number of carbonyl (C=O) groups excluding carboxylic acids is 1. The second-order valence-corrected chi connectivity index (χ2v) is 5.84. The highest BCUT2D eigenvalue weighted by Crippen LogP contribution is 2.38. The summed E-state index contributed by atoms with van der Waals surface area (Å²) >= 11 is 1.29. The van der Waals surface area contributed by atoms with Gasteiger partial charge < -0.3 is 10.0 Å². The maximum absolute atomic E-state index is 12.1. The van der Waals surface area contributed by atoms with Crippen molar-refractivity contribution in [1.82, 2.24) is 9.88 Å². The number of carboxylic acids is 1. The first-order valence-electron chi connectivity index (χ1n) is 5.88. The van der Waals surface area contributed by atoms with Crippen LogP contribution in [0.4, 0.5) is 0 Å². The molecule has 1 aliphatic rings. The van der Waals surface area contributed by atoms with Crippen molar-refractivity contribution < 1.29 is 14.7 Å². The van der Waals surface area contributed by atoms with Gasteiger partial charge in [-0.05, 0) is 12.3 Å². The van der Waals surface area contributed by atoms with Gasteiger partial charge in [-0.1, -0.05) is 13.8 Å². The van der Waals surface area contributed by atoms with E-state index < -0.39 is 11.4 Å². The van der Waals surface area contributed by atoms with Crippen LogP contribution in [0.15, 0.2) is 11.7 Å². The fourth-order valence-corrected chi connectivity index (χ4v) is 2.96. The summed E-state index contributed by atoms with van der Waals surface area (Å²) < 4.78 is 0. The third-order valence-corrected chi connectivity index (χ3v) is 4.52. The fraction of sp³-hybridized carbons (Fsp3) is 0.583. The van der Waals surface area contributed by atoms with Gasteiger partial charge >= 0.3 is 5.97 Å². The summed E-state index contributed by atoms with van der Waals surface area (Å²) in [7, 11) is 0. The minimum atomic E-state index is -0.808. The minimum absolute atomic E-state index is 0.00857. The Kier molecular flexibility index (Phi) is 3.38. The summed E-state index contributed by atoms with van der Waals surface area (Å²) in [6, 6.07) is 0. The van der Waals surface area contributed by atoms with Gasteiger partial charge in [-0.25, -0.2) is 0 Å². The molecule has 0 aliphatic carbocycles. The van der Waals surface area contributed by atoms with Crippen LogP contribution >= 0.6 is 11.3 Å². The van der Waals surface area contributed by atoms with Crippen LogP contribution in [0.2, 0.25) is 0 Å². The lowest BCUT2D eigenvalue weighted by Crippen LogP contribution is -2.40. The number of carboxylic acid groups (broad SMARTS) is 1. The van der Waals surface area contributed by atoms with Gasteiger partial charge in [-0.3, -0.25) is 14.6 Å². The zero-order valence-electron chi connectivity index (χ0n) is 10.4. The molecule has 98 valence electrons. The highest BCUT2D eigenvalue weighted by atomic mass is 32.1. The quantitative estimate of drug-likeness (QED) is 0.906. The van der Waals surface area contributed by atoms with Crippen LogP contribution in [0.25, 0.3) is 0 Å². The second kappa shape index (κ2) is 4.68. The molecule has 0 spiro atoms. The van der Waals surface area contributed by atoms with Crippen molar-refractivity contribution in [2.75, 3.05) is 13.1 Å². The largest absolute Gasteiger partial charge is 0.481 e.